The molecule has 3 aromatic carbocycles. The average molecular weight is 430 g/mol. The molecule has 4 bridgehead atoms. The monoisotopic (exact) mass is 429 g/mol. The van der Waals surface area contributed by atoms with E-state index in [0.717, 1.165) is 55.0 Å². The molecule has 0 unspecified atom stereocenters. The van der Waals surface area contributed by atoms with E-state index in [1.807, 2.05) is 24.3 Å². The predicted molar refractivity (Wildman–Crippen MR) is 130 cm³/mol. The van der Waals surface area contributed by atoms with E-state index in [9.17, 15) is 0 Å². The third-order valence-corrected chi connectivity index (χ3v) is 7.00. The van der Waals surface area contributed by atoms with Gasteiger partial charge in [-0.2, -0.15) is 0 Å². The topological polar surface area (TPSA) is 46.9 Å². The second kappa shape index (κ2) is 5.66. The first-order valence-electron chi connectivity index (χ1n) is 10.5. The zero-order valence-corrected chi connectivity index (χ0v) is 17.5. The third-order valence-electron chi connectivity index (χ3n) is 6.61. The maximum atomic E-state index is 7.23. The standard InChI is InChI=1S/C25H13BClN5/c27-26-31-20-13-21-15-8-2-6-12-19(15)25(32(21)26)30-23-17-10-4-3-9-16(17)22(28-23)29-24(31)18-11-5-1-7-14(18)20/h1-13H. The summed E-state index contributed by atoms with van der Waals surface area (Å²) in [5, 5.41) is 5.43. The molecule has 0 atom stereocenters. The van der Waals surface area contributed by atoms with Crippen LogP contribution in [0.5, 0.6) is 0 Å². The van der Waals surface area contributed by atoms with E-state index >= 15 is 0 Å². The Morgan fingerprint density at radius 3 is 2.03 bits per heavy atom. The van der Waals surface area contributed by atoms with Gasteiger partial charge in [-0.1, -0.05) is 72.8 Å². The number of amidine groups is 2. The molecule has 0 fully saturated rings. The normalized spacial score (nSPS) is 15.2. The van der Waals surface area contributed by atoms with Crippen molar-refractivity contribution in [2.45, 2.75) is 0 Å². The Kier molecular flexibility index (Phi) is 2.97. The van der Waals surface area contributed by atoms with Crippen molar-refractivity contribution in [3.05, 3.63) is 100 Å². The van der Waals surface area contributed by atoms with Crippen LogP contribution in [-0.4, -0.2) is 27.0 Å². The number of halogens is 1. The summed E-state index contributed by atoms with van der Waals surface area (Å²) in [6.07, 6.45) is 1.72. The van der Waals surface area contributed by atoms with E-state index in [2.05, 4.69) is 63.6 Å². The number of benzene rings is 3. The Morgan fingerprint density at radius 1 is 0.625 bits per heavy atom. The van der Waals surface area contributed by atoms with Crippen molar-refractivity contribution in [1.29, 1.82) is 0 Å². The van der Waals surface area contributed by atoms with Gasteiger partial charge in [-0.15, -0.1) is 11.5 Å². The van der Waals surface area contributed by atoms with Crippen molar-refractivity contribution in [2.75, 3.05) is 0 Å². The molecule has 148 valence electrons. The fraction of sp³-hybridized carbons (Fsp3) is 0. The minimum Gasteiger partial charge on any atom is -0.335 e. The summed E-state index contributed by atoms with van der Waals surface area (Å²) in [5.74, 6) is 2.16. The van der Waals surface area contributed by atoms with E-state index in [4.69, 9.17) is 26.4 Å². The SMILES string of the molecule is ClB1n2c3c4ccccc4c2N=C2N=C(N=c4c5ccccc5c(n41)=C3)c1ccccc12. The molecule has 0 aliphatic carbocycles. The van der Waals surface area contributed by atoms with Gasteiger partial charge in [0.2, 0.25) is 0 Å². The molecule has 8 rings (SSSR count). The molecule has 0 saturated carbocycles. The zero-order chi connectivity index (χ0) is 21.0. The Bertz CT molecular complexity index is 1860. The van der Waals surface area contributed by atoms with Crippen molar-refractivity contribution in [3.8, 4) is 0 Å². The molecular weight excluding hydrogens is 417 g/mol. The maximum absolute atomic E-state index is 7.23. The number of hydrogen-bond donors (Lipinski definition) is 0. The van der Waals surface area contributed by atoms with Crippen molar-refractivity contribution in [3.63, 3.8) is 0 Å². The highest BCUT2D eigenvalue weighted by molar-refractivity contribution is 7.05. The van der Waals surface area contributed by atoms with Gasteiger partial charge in [0.05, 0.1) is 0 Å². The molecule has 7 heteroatoms. The highest BCUT2D eigenvalue weighted by Crippen LogP contribution is 2.37. The van der Waals surface area contributed by atoms with E-state index in [-0.39, 0.29) is 0 Å². The number of aromatic nitrogens is 2. The lowest BCUT2D eigenvalue weighted by Crippen LogP contribution is -2.45. The van der Waals surface area contributed by atoms with E-state index in [1.54, 1.807) is 0 Å². The summed E-state index contributed by atoms with van der Waals surface area (Å²) in [4.78, 5) is 15.0. The molecule has 3 aliphatic rings. The van der Waals surface area contributed by atoms with Crippen LogP contribution in [-0.2, 0) is 0 Å². The minimum atomic E-state index is -0.496. The Balaban J connectivity index is 1.69. The maximum Gasteiger partial charge on any atom is 0.497 e. The van der Waals surface area contributed by atoms with E-state index < -0.39 is 6.40 Å². The van der Waals surface area contributed by atoms with Gasteiger partial charge in [0.1, 0.15) is 11.3 Å². The van der Waals surface area contributed by atoms with Crippen molar-refractivity contribution >= 4 is 63.0 Å². The van der Waals surface area contributed by atoms with Crippen molar-refractivity contribution in [2.24, 2.45) is 15.0 Å². The predicted octanol–water partition coefficient (Wildman–Crippen LogP) is 3.83. The quantitative estimate of drug-likeness (QED) is 0.336. The first-order chi connectivity index (χ1) is 15.8. The van der Waals surface area contributed by atoms with E-state index in [1.165, 1.54) is 0 Å². The summed E-state index contributed by atoms with van der Waals surface area (Å²) in [6, 6.07) is 24.8. The van der Waals surface area contributed by atoms with Crippen LogP contribution < -0.4 is 10.8 Å². The molecule has 5 aromatic rings. The van der Waals surface area contributed by atoms with Gasteiger partial charge in [0, 0.05) is 43.7 Å². The van der Waals surface area contributed by atoms with E-state index in [0.29, 0.717) is 11.7 Å². The summed E-state index contributed by atoms with van der Waals surface area (Å²) in [5.41, 5.74) is 3.85. The molecule has 3 aliphatic heterocycles. The lowest BCUT2D eigenvalue weighted by molar-refractivity contribution is 0.987. The smallest absolute Gasteiger partial charge is 0.335 e. The largest absolute Gasteiger partial charge is 0.497 e. The van der Waals surface area contributed by atoms with Gasteiger partial charge in [-0.3, -0.25) is 0 Å². The first-order valence-corrected chi connectivity index (χ1v) is 11.0. The average Bonchev–Trinajstić information content (AvgIpc) is 3.45. The molecule has 0 N–H and O–H groups in total. The van der Waals surface area contributed by atoms with Crippen LogP contribution in [0.2, 0.25) is 0 Å². The van der Waals surface area contributed by atoms with Crippen molar-refractivity contribution in [1.82, 2.24) is 8.96 Å². The Labute approximate surface area is 187 Å². The van der Waals surface area contributed by atoms with Crippen LogP contribution >= 0.6 is 11.5 Å². The molecule has 32 heavy (non-hydrogen) atoms. The molecule has 0 saturated heterocycles. The number of fused-ring (bicyclic) bond motifs is 10. The second-order valence-electron chi connectivity index (χ2n) is 8.23. The summed E-state index contributed by atoms with van der Waals surface area (Å²) in [6.45, 7) is 0. The molecular formula is C25H13BClN5. The highest BCUT2D eigenvalue weighted by Gasteiger charge is 2.34. The lowest BCUT2D eigenvalue weighted by Gasteiger charge is -2.19. The van der Waals surface area contributed by atoms with Crippen LogP contribution in [0.3, 0.4) is 0 Å². The number of nitrogens with zero attached hydrogens (tertiary/aromatic N) is 5. The molecule has 0 radical (unpaired) electrons. The fourth-order valence-electron chi connectivity index (χ4n) is 5.21. The summed E-state index contributed by atoms with van der Waals surface area (Å²) < 4.78 is 4.21. The Hall–Kier alpha value is -3.90. The van der Waals surface area contributed by atoms with Crippen LogP contribution in [0.25, 0.3) is 27.6 Å². The van der Waals surface area contributed by atoms with Gasteiger partial charge in [0.15, 0.2) is 11.7 Å². The summed E-state index contributed by atoms with van der Waals surface area (Å²) in [7, 11) is 0. The number of aliphatic imine (C=N–C) groups is 2. The minimum absolute atomic E-state index is 0.496. The van der Waals surface area contributed by atoms with Crippen LogP contribution in [0.4, 0.5) is 5.82 Å². The van der Waals surface area contributed by atoms with Gasteiger partial charge >= 0.3 is 6.40 Å². The number of hydrogen-bond acceptors (Lipinski definition) is 3. The molecule has 0 amide bonds. The summed E-state index contributed by atoms with van der Waals surface area (Å²) >= 11 is 7.23. The molecule has 5 nitrogen and oxygen atoms in total. The van der Waals surface area contributed by atoms with Gasteiger partial charge in [-0.25, -0.2) is 15.0 Å². The Morgan fingerprint density at radius 2 is 1.25 bits per heavy atom. The highest BCUT2D eigenvalue weighted by atomic mass is 35.5. The lowest BCUT2D eigenvalue weighted by atomic mass is 10.0. The van der Waals surface area contributed by atoms with Gasteiger partial charge in [0.25, 0.3) is 0 Å². The van der Waals surface area contributed by atoms with Gasteiger partial charge in [-0.05, 0) is 6.08 Å². The van der Waals surface area contributed by atoms with Crippen LogP contribution in [0.15, 0.2) is 87.8 Å². The first kappa shape index (κ1) is 16.8. The molecule has 0 spiro atoms. The third kappa shape index (κ3) is 1.90. The molecule has 5 heterocycles. The number of rotatable bonds is 0. The van der Waals surface area contributed by atoms with Crippen molar-refractivity contribution < 1.29 is 0 Å². The van der Waals surface area contributed by atoms with Gasteiger partial charge < -0.3 is 8.96 Å². The van der Waals surface area contributed by atoms with Crippen LogP contribution in [0.1, 0.15) is 16.8 Å². The zero-order valence-electron chi connectivity index (χ0n) is 16.7. The molecule has 2 aromatic heterocycles. The fourth-order valence-corrected chi connectivity index (χ4v) is 5.61. The van der Waals surface area contributed by atoms with Crippen LogP contribution in [0, 0.1) is 0 Å². The second-order valence-corrected chi connectivity index (χ2v) is 8.62.